The first-order valence-corrected chi connectivity index (χ1v) is 21.6. The van der Waals surface area contributed by atoms with Crippen molar-refractivity contribution in [3.05, 3.63) is 167 Å². The van der Waals surface area contributed by atoms with Gasteiger partial charge in [-0.3, -0.25) is 0 Å². The van der Waals surface area contributed by atoms with Gasteiger partial charge < -0.3 is 28.4 Å². The number of ether oxygens (including phenoxy) is 6. The van der Waals surface area contributed by atoms with E-state index in [1.165, 1.54) is 0 Å². The van der Waals surface area contributed by atoms with Crippen LogP contribution in [0.1, 0.15) is 116 Å². The predicted molar refractivity (Wildman–Crippen MR) is 252 cm³/mol. The molecule has 0 bridgehead atoms. The maximum atomic E-state index is 7.49. The molecular formula is C56H60O6. The van der Waals surface area contributed by atoms with Crippen LogP contribution >= 0.6 is 0 Å². The lowest BCUT2D eigenvalue weighted by Crippen LogP contribution is -2.36. The number of rotatable bonds is 8. The van der Waals surface area contributed by atoms with Gasteiger partial charge in [-0.15, -0.1) is 0 Å². The molecule has 8 rings (SSSR count). The minimum absolute atomic E-state index is 0.332. The van der Waals surface area contributed by atoms with Gasteiger partial charge >= 0.3 is 0 Å². The standard InChI is InChI=1S/C56H60O6/c1-51(2,3)57-41-25-17-37(18-26-41)55(38-19-27-42(28-20-38)58-52(4,5)6)35-33-47-48-34-36-56(39-21-29-43(30-22-39)59-53(7,8)9,40-23-31-44(32-24-40)60-54(10,11)12)62-50(48)46-16-14-13-15-45(46)49(47)61-55/h13-36H,1-12H3. The Kier molecular flexibility index (Phi) is 10.5. The Morgan fingerprint density at radius 2 is 0.581 bits per heavy atom. The molecule has 6 aromatic rings. The first-order chi connectivity index (χ1) is 29.1. The molecule has 0 amide bonds. The van der Waals surface area contributed by atoms with Crippen LogP contribution in [-0.4, -0.2) is 22.4 Å². The van der Waals surface area contributed by atoms with Crippen molar-refractivity contribution in [3.8, 4) is 34.5 Å². The van der Waals surface area contributed by atoms with Gasteiger partial charge in [0.15, 0.2) is 11.2 Å². The third-order valence-electron chi connectivity index (χ3n) is 10.5. The number of benzene rings is 6. The van der Waals surface area contributed by atoms with Crippen LogP contribution in [0.2, 0.25) is 0 Å². The van der Waals surface area contributed by atoms with Gasteiger partial charge in [0.05, 0.1) is 0 Å². The molecule has 2 heterocycles. The Hall–Kier alpha value is -6.14. The average molecular weight is 829 g/mol. The summed E-state index contributed by atoms with van der Waals surface area (Å²) in [4.78, 5) is 0. The Morgan fingerprint density at radius 3 is 0.806 bits per heavy atom. The van der Waals surface area contributed by atoms with Gasteiger partial charge in [0, 0.05) is 44.2 Å². The predicted octanol–water partition coefficient (Wildman–Crippen LogP) is 14.2. The molecule has 0 spiro atoms. The summed E-state index contributed by atoms with van der Waals surface area (Å²) in [6, 6.07) is 41.4. The van der Waals surface area contributed by atoms with Crippen LogP contribution in [0, 0.1) is 0 Å². The summed E-state index contributed by atoms with van der Waals surface area (Å²) in [5, 5.41) is 1.89. The van der Waals surface area contributed by atoms with Crippen LogP contribution in [0.4, 0.5) is 0 Å². The number of hydrogen-bond acceptors (Lipinski definition) is 6. The van der Waals surface area contributed by atoms with Crippen LogP contribution in [0.15, 0.2) is 133 Å². The fourth-order valence-corrected chi connectivity index (χ4v) is 8.21. The lowest BCUT2D eigenvalue weighted by Gasteiger charge is -2.40. The molecule has 0 unspecified atom stereocenters. The molecule has 6 aromatic carbocycles. The molecule has 2 aliphatic rings. The van der Waals surface area contributed by atoms with Crippen molar-refractivity contribution in [2.45, 2.75) is 117 Å². The normalized spacial score (nSPS) is 15.5. The molecule has 62 heavy (non-hydrogen) atoms. The molecule has 320 valence electrons. The average Bonchev–Trinajstić information content (AvgIpc) is 3.19. The topological polar surface area (TPSA) is 55.4 Å². The SMILES string of the molecule is CC(C)(C)Oc1ccc(C2(c3ccc(OC(C)(C)C)cc3)C=Cc3c4c(c5ccccc5c3O2)OC(c2ccc(OC(C)(C)C)cc2)(c2ccc(OC(C)(C)C)cc2)C=C4)cc1. The monoisotopic (exact) mass is 828 g/mol. The summed E-state index contributed by atoms with van der Waals surface area (Å²) in [6.45, 7) is 24.7. The second-order valence-corrected chi connectivity index (χ2v) is 20.3. The third-order valence-corrected chi connectivity index (χ3v) is 10.5. The summed E-state index contributed by atoms with van der Waals surface area (Å²) in [5.74, 6) is 4.74. The summed E-state index contributed by atoms with van der Waals surface area (Å²) >= 11 is 0. The fourth-order valence-electron chi connectivity index (χ4n) is 8.21. The molecule has 0 atom stereocenters. The van der Waals surface area contributed by atoms with Gasteiger partial charge in [-0.25, -0.2) is 0 Å². The maximum absolute atomic E-state index is 7.49. The van der Waals surface area contributed by atoms with Crippen LogP contribution < -0.4 is 28.4 Å². The van der Waals surface area contributed by atoms with E-state index in [1.54, 1.807) is 0 Å². The van der Waals surface area contributed by atoms with Gasteiger partial charge in [0.25, 0.3) is 0 Å². The van der Waals surface area contributed by atoms with E-state index in [-0.39, 0.29) is 22.4 Å². The summed E-state index contributed by atoms with van der Waals surface area (Å²) in [6.07, 6.45) is 8.73. The zero-order chi connectivity index (χ0) is 44.3. The van der Waals surface area contributed by atoms with E-state index in [0.717, 1.165) is 78.7 Å². The van der Waals surface area contributed by atoms with Crippen molar-refractivity contribution in [3.63, 3.8) is 0 Å². The Bertz CT molecular complexity index is 2320. The van der Waals surface area contributed by atoms with Crippen LogP contribution in [0.25, 0.3) is 22.9 Å². The van der Waals surface area contributed by atoms with Gasteiger partial charge in [-0.2, -0.15) is 0 Å². The van der Waals surface area contributed by atoms with E-state index < -0.39 is 11.2 Å². The van der Waals surface area contributed by atoms with Gasteiger partial charge in [0.2, 0.25) is 0 Å². The largest absolute Gasteiger partial charge is 0.488 e. The smallest absolute Gasteiger partial charge is 0.178 e. The molecule has 6 nitrogen and oxygen atoms in total. The highest BCUT2D eigenvalue weighted by Crippen LogP contribution is 2.54. The highest BCUT2D eigenvalue weighted by molar-refractivity contribution is 6.02. The Morgan fingerprint density at radius 1 is 0.339 bits per heavy atom. The van der Waals surface area contributed by atoms with E-state index >= 15 is 0 Å². The van der Waals surface area contributed by atoms with Crippen molar-refractivity contribution < 1.29 is 28.4 Å². The van der Waals surface area contributed by atoms with Gasteiger partial charge in [-0.1, -0.05) is 72.8 Å². The first-order valence-electron chi connectivity index (χ1n) is 21.6. The van der Waals surface area contributed by atoms with Crippen LogP contribution in [0.3, 0.4) is 0 Å². The summed E-state index contributed by atoms with van der Waals surface area (Å²) in [7, 11) is 0. The summed E-state index contributed by atoms with van der Waals surface area (Å²) in [5.41, 5.74) is 2.50. The van der Waals surface area contributed by atoms with Crippen LogP contribution in [0.5, 0.6) is 34.5 Å². The zero-order valence-corrected chi connectivity index (χ0v) is 38.3. The third kappa shape index (κ3) is 8.79. The molecule has 0 aromatic heterocycles. The number of hydrogen-bond donors (Lipinski definition) is 0. The molecule has 0 radical (unpaired) electrons. The van der Waals surface area contributed by atoms with E-state index in [0.29, 0.717) is 0 Å². The Balaban J connectivity index is 1.28. The molecule has 0 N–H and O–H groups in total. The van der Waals surface area contributed by atoms with Gasteiger partial charge in [-0.05, 0) is 156 Å². The maximum Gasteiger partial charge on any atom is 0.178 e. The Labute approximate surface area is 368 Å². The highest BCUT2D eigenvalue weighted by Gasteiger charge is 2.43. The molecule has 0 saturated carbocycles. The van der Waals surface area contributed by atoms with Crippen molar-refractivity contribution in [1.29, 1.82) is 0 Å². The summed E-state index contributed by atoms with van der Waals surface area (Å²) < 4.78 is 40.0. The minimum Gasteiger partial charge on any atom is -0.488 e. The van der Waals surface area contributed by atoms with E-state index in [9.17, 15) is 0 Å². The molecule has 2 aliphatic heterocycles. The fraction of sp³-hybridized carbons (Fsp3) is 0.321. The number of fused-ring (bicyclic) bond motifs is 6. The molecule has 0 saturated heterocycles. The first kappa shape index (κ1) is 42.5. The van der Waals surface area contributed by atoms with E-state index in [4.69, 9.17) is 28.4 Å². The second kappa shape index (κ2) is 15.3. The lowest BCUT2D eigenvalue weighted by atomic mass is 9.80. The molecular weight excluding hydrogens is 769 g/mol. The van der Waals surface area contributed by atoms with Crippen molar-refractivity contribution in [1.82, 2.24) is 0 Å². The zero-order valence-electron chi connectivity index (χ0n) is 38.3. The molecule has 0 fully saturated rings. The van der Waals surface area contributed by atoms with E-state index in [2.05, 4.69) is 180 Å². The molecule has 0 aliphatic carbocycles. The van der Waals surface area contributed by atoms with Gasteiger partial charge in [0.1, 0.15) is 56.9 Å². The second-order valence-electron chi connectivity index (χ2n) is 20.3. The quantitative estimate of drug-likeness (QED) is 0.152. The van der Waals surface area contributed by atoms with E-state index in [1.807, 2.05) is 48.5 Å². The minimum atomic E-state index is -0.971. The molecule has 6 heteroatoms. The van der Waals surface area contributed by atoms with Crippen molar-refractivity contribution >= 4 is 22.9 Å². The van der Waals surface area contributed by atoms with Crippen molar-refractivity contribution in [2.24, 2.45) is 0 Å². The van der Waals surface area contributed by atoms with Crippen molar-refractivity contribution in [2.75, 3.05) is 0 Å². The van der Waals surface area contributed by atoms with Crippen LogP contribution in [-0.2, 0) is 11.2 Å². The highest BCUT2D eigenvalue weighted by atomic mass is 16.5. The lowest BCUT2D eigenvalue weighted by molar-refractivity contribution is 0.129.